The summed E-state index contributed by atoms with van der Waals surface area (Å²) in [5, 5.41) is 19.1. The molecule has 6 nitrogen and oxygen atoms in total. The van der Waals surface area contributed by atoms with Crippen molar-refractivity contribution in [2.75, 3.05) is 5.32 Å². The molecular weight excluding hydrogens is 332 g/mol. The number of hydrogen-bond acceptors (Lipinski definition) is 6. The van der Waals surface area contributed by atoms with Crippen molar-refractivity contribution in [3.05, 3.63) is 16.8 Å². The van der Waals surface area contributed by atoms with Crippen molar-refractivity contribution in [3.63, 3.8) is 0 Å². The van der Waals surface area contributed by atoms with Gasteiger partial charge in [0.2, 0.25) is 5.13 Å². The summed E-state index contributed by atoms with van der Waals surface area (Å²) in [4.78, 5) is 12.2. The molecule has 0 aliphatic carbocycles. The van der Waals surface area contributed by atoms with Crippen LogP contribution in [0.4, 0.5) is 9.93 Å². The number of rotatable bonds is 3. The highest BCUT2D eigenvalue weighted by molar-refractivity contribution is 7.19. The molecule has 1 saturated heterocycles. The van der Waals surface area contributed by atoms with Gasteiger partial charge in [-0.1, -0.05) is 11.3 Å². The molecule has 0 radical (unpaired) electrons. The van der Waals surface area contributed by atoms with E-state index in [2.05, 4.69) is 20.8 Å². The van der Waals surface area contributed by atoms with E-state index in [0.717, 1.165) is 17.0 Å². The molecule has 2 amide bonds. The van der Waals surface area contributed by atoms with Gasteiger partial charge in [-0.3, -0.25) is 5.32 Å². The molecular formula is C15H20N4O2S2. The Morgan fingerprint density at radius 3 is 2.74 bits per heavy atom. The van der Waals surface area contributed by atoms with E-state index in [9.17, 15) is 4.79 Å². The van der Waals surface area contributed by atoms with Gasteiger partial charge in [-0.15, -0.1) is 10.2 Å². The number of carbonyl (C=O) groups is 1. The number of nitrogens with one attached hydrogen (secondary N) is 2. The molecule has 0 spiro atoms. The summed E-state index contributed by atoms with van der Waals surface area (Å²) in [5.74, 6) is 0. The summed E-state index contributed by atoms with van der Waals surface area (Å²) in [6, 6.07) is 1.65. The lowest BCUT2D eigenvalue weighted by molar-refractivity contribution is -0.0689. The van der Waals surface area contributed by atoms with Crippen LogP contribution in [-0.4, -0.2) is 33.5 Å². The van der Waals surface area contributed by atoms with Crippen molar-refractivity contribution < 1.29 is 9.53 Å². The third kappa shape index (κ3) is 3.70. The number of amides is 2. The van der Waals surface area contributed by atoms with Crippen molar-refractivity contribution in [2.45, 2.75) is 51.4 Å². The predicted octanol–water partition coefficient (Wildman–Crippen LogP) is 3.73. The smallest absolute Gasteiger partial charge is 0.321 e. The van der Waals surface area contributed by atoms with Crippen LogP contribution in [0, 0.1) is 0 Å². The number of urea groups is 1. The molecule has 23 heavy (non-hydrogen) atoms. The van der Waals surface area contributed by atoms with Crippen molar-refractivity contribution in [1.82, 2.24) is 15.5 Å². The highest BCUT2D eigenvalue weighted by Gasteiger charge is 2.46. The largest absolute Gasteiger partial charge is 0.367 e. The van der Waals surface area contributed by atoms with E-state index in [4.69, 9.17) is 4.74 Å². The van der Waals surface area contributed by atoms with Gasteiger partial charge in [-0.25, -0.2) is 4.79 Å². The summed E-state index contributed by atoms with van der Waals surface area (Å²) in [7, 11) is 0. The standard InChI is InChI=1S/C15H20N4O2S2/c1-14(2)7-10(15(3,4)21-14)16-12(20)17-13-19-18-11(23-13)9-5-6-22-8-9/h5-6,8,10H,7H2,1-4H3,(H2,16,17,19,20). The molecule has 0 saturated carbocycles. The molecule has 0 bridgehead atoms. The second-order valence-electron chi connectivity index (χ2n) is 6.74. The second-order valence-corrected chi connectivity index (χ2v) is 8.50. The zero-order valence-electron chi connectivity index (χ0n) is 13.5. The van der Waals surface area contributed by atoms with Gasteiger partial charge in [0, 0.05) is 10.9 Å². The van der Waals surface area contributed by atoms with E-state index in [-0.39, 0.29) is 17.7 Å². The SMILES string of the molecule is CC1(C)CC(NC(=O)Nc2nnc(-c3ccsc3)s2)C(C)(C)O1. The number of anilines is 1. The lowest BCUT2D eigenvalue weighted by Crippen LogP contribution is -2.47. The number of aromatic nitrogens is 2. The van der Waals surface area contributed by atoms with E-state index in [1.807, 2.05) is 44.5 Å². The molecule has 124 valence electrons. The number of ether oxygens (including phenoxy) is 1. The Hall–Kier alpha value is -1.51. The van der Waals surface area contributed by atoms with Crippen molar-refractivity contribution in [2.24, 2.45) is 0 Å². The Bertz CT molecular complexity index is 694. The fourth-order valence-corrected chi connectivity index (χ4v) is 4.31. The third-order valence-corrected chi connectivity index (χ3v) is 5.36. The Balaban J connectivity index is 1.62. The van der Waals surface area contributed by atoms with Gasteiger partial charge in [0.05, 0.1) is 17.2 Å². The molecule has 2 aromatic rings. The zero-order valence-corrected chi connectivity index (χ0v) is 15.2. The molecule has 8 heteroatoms. The van der Waals surface area contributed by atoms with Crippen LogP contribution in [0.2, 0.25) is 0 Å². The zero-order chi connectivity index (χ0) is 16.7. The molecule has 2 N–H and O–H groups in total. The van der Waals surface area contributed by atoms with Crippen LogP contribution in [0.5, 0.6) is 0 Å². The van der Waals surface area contributed by atoms with E-state index in [1.54, 1.807) is 11.3 Å². The van der Waals surface area contributed by atoms with Crippen LogP contribution in [0.15, 0.2) is 16.8 Å². The molecule has 3 rings (SSSR count). The number of thiophene rings is 1. The molecule has 3 heterocycles. The summed E-state index contributed by atoms with van der Waals surface area (Å²) in [5.41, 5.74) is 0.383. The molecule has 1 aliphatic rings. The maximum Gasteiger partial charge on any atom is 0.321 e. The Labute approximate surface area is 143 Å². The average Bonchev–Trinajstić information content (AvgIpc) is 3.08. The van der Waals surface area contributed by atoms with Crippen LogP contribution in [0.25, 0.3) is 10.6 Å². The molecule has 1 atom stereocenters. The molecule has 2 aromatic heterocycles. The Morgan fingerprint density at radius 1 is 1.35 bits per heavy atom. The normalized spacial score (nSPS) is 22.0. The minimum absolute atomic E-state index is 0.0539. The fourth-order valence-electron chi connectivity index (χ4n) is 2.86. The van der Waals surface area contributed by atoms with Gasteiger partial charge in [-0.05, 0) is 45.6 Å². The van der Waals surface area contributed by atoms with Gasteiger partial charge in [0.15, 0.2) is 0 Å². The van der Waals surface area contributed by atoms with E-state index >= 15 is 0 Å². The van der Waals surface area contributed by atoms with Gasteiger partial charge in [0.25, 0.3) is 0 Å². The Kier molecular flexibility index (Phi) is 4.16. The summed E-state index contributed by atoms with van der Waals surface area (Å²) >= 11 is 2.96. The second kappa shape index (κ2) is 5.85. The average molecular weight is 352 g/mol. The van der Waals surface area contributed by atoms with E-state index in [1.165, 1.54) is 11.3 Å². The first-order valence-electron chi connectivity index (χ1n) is 7.39. The molecule has 1 unspecified atom stereocenters. The van der Waals surface area contributed by atoms with Gasteiger partial charge < -0.3 is 10.1 Å². The van der Waals surface area contributed by atoms with Crippen molar-refractivity contribution in [3.8, 4) is 10.6 Å². The first-order valence-corrected chi connectivity index (χ1v) is 9.15. The number of hydrogen-bond donors (Lipinski definition) is 2. The van der Waals surface area contributed by atoms with Crippen LogP contribution >= 0.6 is 22.7 Å². The first kappa shape index (κ1) is 16.4. The van der Waals surface area contributed by atoms with Gasteiger partial charge in [-0.2, -0.15) is 11.3 Å². The monoisotopic (exact) mass is 352 g/mol. The van der Waals surface area contributed by atoms with Crippen molar-refractivity contribution in [1.29, 1.82) is 0 Å². The summed E-state index contributed by atoms with van der Waals surface area (Å²) in [6.45, 7) is 8.05. The van der Waals surface area contributed by atoms with Crippen molar-refractivity contribution >= 4 is 33.8 Å². The van der Waals surface area contributed by atoms with Gasteiger partial charge in [0.1, 0.15) is 5.01 Å². The van der Waals surface area contributed by atoms with E-state index in [0.29, 0.717) is 5.13 Å². The topological polar surface area (TPSA) is 76.1 Å². The highest BCUT2D eigenvalue weighted by atomic mass is 32.1. The molecule has 1 fully saturated rings. The summed E-state index contributed by atoms with van der Waals surface area (Å²) < 4.78 is 5.99. The first-order chi connectivity index (χ1) is 10.8. The maximum atomic E-state index is 12.2. The van der Waals surface area contributed by atoms with Crippen LogP contribution in [0.3, 0.4) is 0 Å². The molecule has 1 aliphatic heterocycles. The fraction of sp³-hybridized carbons (Fsp3) is 0.533. The predicted molar refractivity (Wildman–Crippen MR) is 93.0 cm³/mol. The number of nitrogens with zero attached hydrogens (tertiary/aromatic N) is 2. The minimum atomic E-state index is -0.399. The highest BCUT2D eigenvalue weighted by Crippen LogP contribution is 2.37. The lowest BCUT2D eigenvalue weighted by atomic mass is 9.95. The maximum absolute atomic E-state index is 12.2. The van der Waals surface area contributed by atoms with Gasteiger partial charge >= 0.3 is 6.03 Å². The van der Waals surface area contributed by atoms with Crippen LogP contribution in [0.1, 0.15) is 34.1 Å². The summed E-state index contributed by atoms with van der Waals surface area (Å²) in [6.07, 6.45) is 0.768. The van der Waals surface area contributed by atoms with Crippen LogP contribution in [-0.2, 0) is 4.74 Å². The minimum Gasteiger partial charge on any atom is -0.367 e. The third-order valence-electron chi connectivity index (χ3n) is 3.79. The lowest BCUT2D eigenvalue weighted by Gasteiger charge is -2.27. The van der Waals surface area contributed by atoms with E-state index < -0.39 is 5.60 Å². The van der Waals surface area contributed by atoms with Crippen LogP contribution < -0.4 is 10.6 Å². The quantitative estimate of drug-likeness (QED) is 0.882. The Morgan fingerprint density at radius 2 is 2.13 bits per heavy atom. The number of carbonyl (C=O) groups excluding carboxylic acids is 1. The molecule has 0 aromatic carbocycles.